The minimum Gasteiger partial charge on any atom is -0.372 e. The first-order chi connectivity index (χ1) is 9.10. The van der Waals surface area contributed by atoms with Gasteiger partial charge >= 0.3 is 0 Å². The molecule has 0 atom stereocenters. The quantitative estimate of drug-likeness (QED) is 0.867. The van der Waals surface area contributed by atoms with Crippen LogP contribution in [0.2, 0.25) is 5.02 Å². The van der Waals surface area contributed by atoms with Crippen molar-refractivity contribution in [2.45, 2.75) is 6.54 Å². The number of hydrogen-bond donors (Lipinski definition) is 2. The molecular weight excluding hydrogens is 268 g/mol. The topological polar surface area (TPSA) is 84.7 Å². The van der Waals surface area contributed by atoms with E-state index in [-0.39, 0.29) is 12.5 Å². The number of aromatic nitrogens is 4. The summed E-state index contributed by atoms with van der Waals surface area (Å²) in [5.41, 5.74) is 0.389. The SMILES string of the molecule is CNc1ncc(C(=O)NCc2ncn(C)n2)cc1Cl. The molecule has 2 rings (SSSR count). The molecule has 8 heteroatoms. The Morgan fingerprint density at radius 2 is 2.26 bits per heavy atom. The summed E-state index contributed by atoms with van der Waals surface area (Å²) in [6, 6.07) is 1.56. The molecule has 0 aliphatic carbocycles. The third kappa shape index (κ3) is 3.19. The molecule has 2 aromatic rings. The molecule has 7 nitrogen and oxygen atoms in total. The number of amides is 1. The molecule has 1 amide bonds. The lowest BCUT2D eigenvalue weighted by Gasteiger charge is -2.05. The second-order valence-corrected chi connectivity index (χ2v) is 4.23. The molecule has 0 radical (unpaired) electrons. The van der Waals surface area contributed by atoms with E-state index >= 15 is 0 Å². The summed E-state index contributed by atoms with van der Waals surface area (Å²) in [5.74, 6) is 0.802. The Balaban J connectivity index is 2.01. The van der Waals surface area contributed by atoms with Crippen molar-refractivity contribution in [3.05, 3.63) is 35.0 Å². The van der Waals surface area contributed by atoms with Gasteiger partial charge in [-0.25, -0.2) is 9.97 Å². The van der Waals surface area contributed by atoms with E-state index in [1.165, 1.54) is 6.20 Å². The number of aryl methyl sites for hydroxylation is 1. The second kappa shape index (κ2) is 5.66. The van der Waals surface area contributed by atoms with Crippen molar-refractivity contribution in [2.24, 2.45) is 7.05 Å². The number of carbonyl (C=O) groups excluding carboxylic acids is 1. The smallest absolute Gasteiger partial charge is 0.253 e. The molecule has 0 saturated carbocycles. The van der Waals surface area contributed by atoms with E-state index in [2.05, 4.69) is 25.7 Å². The maximum absolute atomic E-state index is 11.9. The van der Waals surface area contributed by atoms with Crippen molar-refractivity contribution in [2.75, 3.05) is 12.4 Å². The number of hydrogen-bond acceptors (Lipinski definition) is 5. The second-order valence-electron chi connectivity index (χ2n) is 3.82. The lowest BCUT2D eigenvalue weighted by Crippen LogP contribution is -2.23. The third-order valence-corrected chi connectivity index (χ3v) is 2.68. The number of rotatable bonds is 4. The number of carbonyl (C=O) groups is 1. The minimum absolute atomic E-state index is 0.255. The van der Waals surface area contributed by atoms with Crippen LogP contribution in [-0.2, 0) is 13.6 Å². The highest BCUT2D eigenvalue weighted by atomic mass is 35.5. The van der Waals surface area contributed by atoms with Crippen LogP contribution in [0.25, 0.3) is 0 Å². The van der Waals surface area contributed by atoms with Crippen LogP contribution >= 0.6 is 11.6 Å². The van der Waals surface area contributed by atoms with E-state index in [4.69, 9.17) is 11.6 Å². The minimum atomic E-state index is -0.274. The first-order valence-electron chi connectivity index (χ1n) is 5.56. The predicted molar refractivity (Wildman–Crippen MR) is 71.0 cm³/mol. The summed E-state index contributed by atoms with van der Waals surface area (Å²) in [6.07, 6.45) is 3.03. The first kappa shape index (κ1) is 13.3. The van der Waals surface area contributed by atoms with E-state index in [9.17, 15) is 4.79 Å². The largest absolute Gasteiger partial charge is 0.372 e. The monoisotopic (exact) mass is 280 g/mol. The molecule has 0 aliphatic heterocycles. The molecule has 0 aromatic carbocycles. The molecule has 2 aromatic heterocycles. The van der Waals surface area contributed by atoms with Gasteiger partial charge in [-0.15, -0.1) is 0 Å². The average molecular weight is 281 g/mol. The summed E-state index contributed by atoms with van der Waals surface area (Å²) < 4.78 is 1.57. The van der Waals surface area contributed by atoms with Crippen LogP contribution < -0.4 is 10.6 Å². The van der Waals surface area contributed by atoms with Crippen molar-refractivity contribution in [1.29, 1.82) is 0 Å². The average Bonchev–Trinajstić information content (AvgIpc) is 2.81. The van der Waals surface area contributed by atoms with Gasteiger partial charge in [0.25, 0.3) is 5.91 Å². The van der Waals surface area contributed by atoms with Gasteiger partial charge in [0.1, 0.15) is 12.1 Å². The van der Waals surface area contributed by atoms with E-state index in [1.807, 2.05) is 0 Å². The fourth-order valence-electron chi connectivity index (χ4n) is 1.47. The van der Waals surface area contributed by atoms with Gasteiger partial charge in [-0.05, 0) is 6.07 Å². The zero-order valence-corrected chi connectivity index (χ0v) is 11.3. The van der Waals surface area contributed by atoms with Crippen LogP contribution in [0.4, 0.5) is 5.82 Å². The van der Waals surface area contributed by atoms with Crippen molar-refractivity contribution in [3.63, 3.8) is 0 Å². The lowest BCUT2D eigenvalue weighted by molar-refractivity contribution is 0.0949. The van der Waals surface area contributed by atoms with Gasteiger partial charge in [-0.1, -0.05) is 11.6 Å². The van der Waals surface area contributed by atoms with E-state index in [1.54, 1.807) is 31.2 Å². The van der Waals surface area contributed by atoms with Gasteiger partial charge in [0, 0.05) is 20.3 Å². The Hall–Kier alpha value is -2.15. The first-order valence-corrected chi connectivity index (χ1v) is 5.94. The Bertz CT molecular complexity index is 597. The number of nitrogens with zero attached hydrogens (tertiary/aromatic N) is 4. The summed E-state index contributed by atoms with van der Waals surface area (Å²) in [6.45, 7) is 0.255. The van der Waals surface area contributed by atoms with Crippen LogP contribution in [-0.4, -0.2) is 32.7 Å². The summed E-state index contributed by atoms with van der Waals surface area (Å²) in [5, 5.41) is 9.98. The van der Waals surface area contributed by atoms with Crippen LogP contribution in [0.3, 0.4) is 0 Å². The van der Waals surface area contributed by atoms with Gasteiger partial charge in [-0.2, -0.15) is 5.10 Å². The fraction of sp³-hybridized carbons (Fsp3) is 0.273. The van der Waals surface area contributed by atoms with E-state index in [0.717, 1.165) is 0 Å². The van der Waals surface area contributed by atoms with Crippen molar-refractivity contribution >= 4 is 23.3 Å². The van der Waals surface area contributed by atoms with Crippen molar-refractivity contribution < 1.29 is 4.79 Å². The highest BCUT2D eigenvalue weighted by Crippen LogP contribution is 2.19. The molecule has 0 fully saturated rings. The van der Waals surface area contributed by atoms with Gasteiger partial charge < -0.3 is 10.6 Å². The van der Waals surface area contributed by atoms with E-state index in [0.29, 0.717) is 22.2 Å². The van der Waals surface area contributed by atoms with Crippen LogP contribution in [0, 0.1) is 0 Å². The number of anilines is 1. The molecule has 100 valence electrons. The molecule has 0 saturated heterocycles. The summed E-state index contributed by atoms with van der Waals surface area (Å²) >= 11 is 5.96. The molecule has 0 spiro atoms. The molecule has 2 heterocycles. The van der Waals surface area contributed by atoms with E-state index < -0.39 is 0 Å². The van der Waals surface area contributed by atoms with Gasteiger partial charge in [0.05, 0.1) is 17.1 Å². The normalized spacial score (nSPS) is 10.3. The molecule has 0 aliphatic rings. The molecule has 2 N–H and O–H groups in total. The fourth-order valence-corrected chi connectivity index (χ4v) is 1.73. The Morgan fingerprint density at radius 3 is 2.84 bits per heavy atom. The van der Waals surface area contributed by atoms with Crippen LogP contribution in [0.5, 0.6) is 0 Å². The summed E-state index contributed by atoms with van der Waals surface area (Å²) in [7, 11) is 3.47. The standard InChI is InChI=1S/C11H13ClN6O/c1-13-10-8(12)3-7(4-14-10)11(19)15-5-9-16-6-18(2)17-9/h3-4,6H,5H2,1-2H3,(H,13,14)(H,15,19). The molecular formula is C11H13ClN6O. The lowest BCUT2D eigenvalue weighted by atomic mass is 10.2. The Morgan fingerprint density at radius 1 is 1.47 bits per heavy atom. The predicted octanol–water partition coefficient (Wildman–Crippen LogP) is 0.835. The number of pyridine rings is 1. The summed E-state index contributed by atoms with van der Waals surface area (Å²) in [4.78, 5) is 19.9. The van der Waals surface area contributed by atoms with Crippen molar-refractivity contribution in [3.8, 4) is 0 Å². The zero-order chi connectivity index (χ0) is 13.8. The Labute approximate surface area is 115 Å². The number of nitrogens with one attached hydrogen (secondary N) is 2. The number of halogens is 1. The molecule has 0 unspecified atom stereocenters. The maximum Gasteiger partial charge on any atom is 0.253 e. The Kier molecular flexibility index (Phi) is 3.96. The van der Waals surface area contributed by atoms with Crippen LogP contribution in [0.15, 0.2) is 18.6 Å². The van der Waals surface area contributed by atoms with Gasteiger partial charge in [0.15, 0.2) is 5.82 Å². The van der Waals surface area contributed by atoms with Crippen LogP contribution in [0.1, 0.15) is 16.2 Å². The maximum atomic E-state index is 11.9. The van der Waals surface area contributed by atoms with Crippen molar-refractivity contribution in [1.82, 2.24) is 25.1 Å². The van der Waals surface area contributed by atoms with Gasteiger partial charge in [0.2, 0.25) is 0 Å². The van der Waals surface area contributed by atoms with Gasteiger partial charge in [-0.3, -0.25) is 9.48 Å². The highest BCUT2D eigenvalue weighted by molar-refractivity contribution is 6.33. The third-order valence-electron chi connectivity index (χ3n) is 2.39. The molecule has 0 bridgehead atoms. The zero-order valence-electron chi connectivity index (χ0n) is 10.5. The molecule has 19 heavy (non-hydrogen) atoms. The highest BCUT2D eigenvalue weighted by Gasteiger charge is 2.10.